The largest absolute Gasteiger partial charge is 0.490 e. The Bertz CT molecular complexity index is 424. The summed E-state index contributed by atoms with van der Waals surface area (Å²) < 4.78 is 11.4. The van der Waals surface area contributed by atoms with Crippen molar-refractivity contribution in [2.75, 3.05) is 19.8 Å². The Balaban J connectivity index is 1.87. The Morgan fingerprint density at radius 3 is 2.65 bits per heavy atom. The van der Waals surface area contributed by atoms with Gasteiger partial charge in [0.05, 0.1) is 19.8 Å². The van der Waals surface area contributed by atoms with Gasteiger partial charge in [-0.1, -0.05) is 18.6 Å². The first kappa shape index (κ1) is 15.1. The second-order valence-electron chi connectivity index (χ2n) is 5.50. The smallest absolute Gasteiger partial charge is 0.161 e. The molecular formula is C16H25NO3. The molecule has 0 aromatic heterocycles. The highest BCUT2D eigenvalue weighted by Gasteiger charge is 2.38. The molecular weight excluding hydrogens is 254 g/mol. The van der Waals surface area contributed by atoms with E-state index in [0.29, 0.717) is 19.1 Å². The first-order valence-electron chi connectivity index (χ1n) is 7.44. The van der Waals surface area contributed by atoms with Crippen LogP contribution in [0.5, 0.6) is 11.5 Å². The van der Waals surface area contributed by atoms with Gasteiger partial charge in [-0.05, 0) is 44.2 Å². The summed E-state index contributed by atoms with van der Waals surface area (Å²) in [5, 5.41) is 9.44. The van der Waals surface area contributed by atoms with Crippen molar-refractivity contribution in [1.29, 1.82) is 0 Å². The van der Waals surface area contributed by atoms with Gasteiger partial charge < -0.3 is 20.3 Å². The molecule has 0 radical (unpaired) electrons. The summed E-state index contributed by atoms with van der Waals surface area (Å²) in [6.45, 7) is 3.25. The molecule has 0 saturated heterocycles. The molecule has 1 aliphatic rings. The third-order valence-corrected chi connectivity index (χ3v) is 4.18. The second kappa shape index (κ2) is 6.95. The summed E-state index contributed by atoms with van der Waals surface area (Å²) in [5.41, 5.74) is 5.82. The van der Waals surface area contributed by atoms with Gasteiger partial charge in [0.2, 0.25) is 0 Å². The van der Waals surface area contributed by atoms with Crippen LogP contribution in [0.1, 0.15) is 32.6 Å². The topological polar surface area (TPSA) is 64.7 Å². The van der Waals surface area contributed by atoms with Crippen LogP contribution in [0.15, 0.2) is 24.3 Å². The van der Waals surface area contributed by atoms with E-state index in [9.17, 15) is 5.11 Å². The standard InChI is InChI=1S/C16H25NO3/c1-2-19-14-7-3-4-8-15(14)20-11-9-13-6-5-10-16(13,17)12-18/h3-4,7-8,13,18H,2,5-6,9-12,17H2,1H3. The number of hydrogen-bond acceptors (Lipinski definition) is 4. The molecule has 4 nitrogen and oxygen atoms in total. The van der Waals surface area contributed by atoms with Gasteiger partial charge in [-0.25, -0.2) is 0 Å². The minimum atomic E-state index is -0.414. The summed E-state index contributed by atoms with van der Waals surface area (Å²) in [6.07, 6.45) is 3.95. The van der Waals surface area contributed by atoms with E-state index in [1.54, 1.807) is 0 Å². The molecule has 2 atom stereocenters. The number of benzene rings is 1. The van der Waals surface area contributed by atoms with Gasteiger partial charge in [0, 0.05) is 5.54 Å². The highest BCUT2D eigenvalue weighted by atomic mass is 16.5. The minimum absolute atomic E-state index is 0.0627. The van der Waals surface area contributed by atoms with Crippen LogP contribution in [0.2, 0.25) is 0 Å². The van der Waals surface area contributed by atoms with Crippen molar-refractivity contribution in [2.24, 2.45) is 11.7 Å². The Morgan fingerprint density at radius 2 is 2.00 bits per heavy atom. The van der Waals surface area contributed by atoms with E-state index < -0.39 is 5.54 Å². The molecule has 4 heteroatoms. The van der Waals surface area contributed by atoms with Crippen LogP contribution in [0.4, 0.5) is 0 Å². The number of para-hydroxylation sites is 2. The predicted molar refractivity (Wildman–Crippen MR) is 79.1 cm³/mol. The highest BCUT2D eigenvalue weighted by Crippen LogP contribution is 2.36. The Kier molecular flexibility index (Phi) is 5.26. The van der Waals surface area contributed by atoms with E-state index in [1.165, 1.54) is 0 Å². The molecule has 1 aliphatic carbocycles. The summed E-state index contributed by atoms with van der Waals surface area (Å²) in [7, 11) is 0. The van der Waals surface area contributed by atoms with Gasteiger partial charge >= 0.3 is 0 Å². The van der Waals surface area contributed by atoms with Crippen LogP contribution in [0.25, 0.3) is 0 Å². The fourth-order valence-corrected chi connectivity index (χ4v) is 2.96. The summed E-state index contributed by atoms with van der Waals surface area (Å²) in [6, 6.07) is 7.70. The van der Waals surface area contributed by atoms with Gasteiger partial charge in [0.1, 0.15) is 0 Å². The Morgan fingerprint density at radius 1 is 1.30 bits per heavy atom. The van der Waals surface area contributed by atoms with E-state index in [4.69, 9.17) is 15.2 Å². The summed E-state index contributed by atoms with van der Waals surface area (Å²) in [5.74, 6) is 1.90. The molecule has 0 spiro atoms. The number of rotatable bonds is 7. The lowest BCUT2D eigenvalue weighted by atomic mass is 9.87. The number of hydrogen-bond donors (Lipinski definition) is 2. The summed E-state index contributed by atoms with van der Waals surface area (Å²) >= 11 is 0. The lowest BCUT2D eigenvalue weighted by Crippen LogP contribution is -2.47. The van der Waals surface area contributed by atoms with Gasteiger partial charge in [0.15, 0.2) is 11.5 Å². The fraction of sp³-hybridized carbons (Fsp3) is 0.625. The van der Waals surface area contributed by atoms with Crippen molar-refractivity contribution >= 4 is 0 Å². The quantitative estimate of drug-likeness (QED) is 0.804. The molecule has 0 heterocycles. The average Bonchev–Trinajstić information content (AvgIpc) is 2.83. The molecule has 0 amide bonds. The Labute approximate surface area is 120 Å². The monoisotopic (exact) mass is 279 g/mol. The summed E-state index contributed by atoms with van der Waals surface area (Å²) in [4.78, 5) is 0. The van der Waals surface area contributed by atoms with Crippen LogP contribution in [-0.4, -0.2) is 30.5 Å². The van der Waals surface area contributed by atoms with Crippen molar-refractivity contribution in [1.82, 2.24) is 0 Å². The minimum Gasteiger partial charge on any atom is -0.490 e. The molecule has 1 aromatic rings. The molecule has 20 heavy (non-hydrogen) atoms. The maximum atomic E-state index is 9.44. The molecule has 0 bridgehead atoms. The van der Waals surface area contributed by atoms with Gasteiger partial charge in [-0.3, -0.25) is 0 Å². The van der Waals surface area contributed by atoms with Crippen LogP contribution in [0.3, 0.4) is 0 Å². The normalized spacial score (nSPS) is 25.6. The average molecular weight is 279 g/mol. The zero-order chi connectivity index (χ0) is 14.4. The van der Waals surface area contributed by atoms with Gasteiger partial charge in [-0.15, -0.1) is 0 Å². The molecule has 1 fully saturated rings. The molecule has 2 unspecified atom stereocenters. The van der Waals surface area contributed by atoms with E-state index >= 15 is 0 Å². The number of aliphatic hydroxyl groups excluding tert-OH is 1. The first-order valence-corrected chi connectivity index (χ1v) is 7.44. The van der Waals surface area contributed by atoms with Gasteiger partial charge in [0.25, 0.3) is 0 Å². The third kappa shape index (κ3) is 3.44. The molecule has 3 N–H and O–H groups in total. The number of nitrogens with two attached hydrogens (primary N) is 1. The van der Waals surface area contributed by atoms with Crippen molar-refractivity contribution in [2.45, 2.75) is 38.1 Å². The molecule has 1 aromatic carbocycles. The van der Waals surface area contributed by atoms with Crippen LogP contribution in [0, 0.1) is 5.92 Å². The first-order chi connectivity index (χ1) is 9.69. The van der Waals surface area contributed by atoms with E-state index in [2.05, 4.69) is 0 Å². The molecule has 2 rings (SSSR count). The van der Waals surface area contributed by atoms with Gasteiger partial charge in [-0.2, -0.15) is 0 Å². The van der Waals surface area contributed by atoms with Crippen LogP contribution >= 0.6 is 0 Å². The zero-order valence-corrected chi connectivity index (χ0v) is 12.2. The highest BCUT2D eigenvalue weighted by molar-refractivity contribution is 5.39. The van der Waals surface area contributed by atoms with E-state index in [1.807, 2.05) is 31.2 Å². The van der Waals surface area contributed by atoms with Crippen molar-refractivity contribution in [3.05, 3.63) is 24.3 Å². The van der Waals surface area contributed by atoms with Crippen molar-refractivity contribution < 1.29 is 14.6 Å². The van der Waals surface area contributed by atoms with Crippen molar-refractivity contribution in [3.63, 3.8) is 0 Å². The third-order valence-electron chi connectivity index (χ3n) is 4.18. The van der Waals surface area contributed by atoms with E-state index in [0.717, 1.165) is 37.2 Å². The van der Waals surface area contributed by atoms with E-state index in [-0.39, 0.29) is 6.61 Å². The fourth-order valence-electron chi connectivity index (χ4n) is 2.96. The number of aliphatic hydroxyl groups is 1. The predicted octanol–water partition coefficient (Wildman–Crippen LogP) is 2.34. The van der Waals surface area contributed by atoms with Crippen molar-refractivity contribution in [3.8, 4) is 11.5 Å². The molecule has 1 saturated carbocycles. The molecule has 0 aliphatic heterocycles. The second-order valence-corrected chi connectivity index (χ2v) is 5.50. The number of ether oxygens (including phenoxy) is 2. The lowest BCUT2D eigenvalue weighted by molar-refractivity contribution is 0.142. The van der Waals surface area contributed by atoms with Crippen LogP contribution in [-0.2, 0) is 0 Å². The Hall–Kier alpha value is -1.26. The lowest BCUT2D eigenvalue weighted by Gasteiger charge is -2.29. The SMILES string of the molecule is CCOc1ccccc1OCCC1CCCC1(N)CO. The molecule has 112 valence electrons. The zero-order valence-electron chi connectivity index (χ0n) is 12.2. The van der Waals surface area contributed by atoms with Crippen LogP contribution < -0.4 is 15.2 Å². The maximum Gasteiger partial charge on any atom is 0.161 e. The maximum absolute atomic E-state index is 9.44.